The highest BCUT2D eigenvalue weighted by molar-refractivity contribution is 5.77. The van der Waals surface area contributed by atoms with Crippen LogP contribution in [0.2, 0.25) is 0 Å². The van der Waals surface area contributed by atoms with Gasteiger partial charge in [0.05, 0.1) is 0 Å². The summed E-state index contributed by atoms with van der Waals surface area (Å²) >= 11 is 0. The molecule has 2 aromatic carbocycles. The van der Waals surface area contributed by atoms with Gasteiger partial charge in [-0.3, -0.25) is 0 Å². The molecule has 0 amide bonds. The van der Waals surface area contributed by atoms with Gasteiger partial charge < -0.3 is 5.32 Å². The van der Waals surface area contributed by atoms with E-state index in [1.54, 1.807) is 0 Å². The number of anilines is 1. The van der Waals surface area contributed by atoms with E-state index in [-0.39, 0.29) is 0 Å². The molecule has 1 heteroatoms. The Hall–Kier alpha value is -2.54. The summed E-state index contributed by atoms with van der Waals surface area (Å²) in [6, 6.07) is 16.4. The molecule has 0 fully saturated rings. The zero-order valence-electron chi connectivity index (χ0n) is 11.8. The van der Waals surface area contributed by atoms with Crippen LogP contribution in [0.4, 0.5) is 5.69 Å². The molecule has 0 aliphatic carbocycles. The average molecular weight is 261 g/mol. The number of hydrogen-bond donors (Lipinski definition) is 1. The maximum atomic E-state index is 3.87. The number of hydrogen-bond acceptors (Lipinski definition) is 1. The Morgan fingerprint density at radius 2 is 1.75 bits per heavy atom. The molecule has 0 aromatic heterocycles. The van der Waals surface area contributed by atoms with Crippen LogP contribution in [0.1, 0.15) is 23.6 Å². The summed E-state index contributed by atoms with van der Waals surface area (Å²) in [5.41, 5.74) is 5.39. The molecule has 0 bridgehead atoms. The molecular weight excluding hydrogens is 242 g/mol. The van der Waals surface area contributed by atoms with Gasteiger partial charge in [-0.25, -0.2) is 0 Å². The Kier molecular flexibility index (Phi) is 4.56. The molecule has 1 nitrogen and oxygen atoms in total. The van der Waals surface area contributed by atoms with Crippen molar-refractivity contribution < 1.29 is 0 Å². The first-order valence-corrected chi connectivity index (χ1v) is 6.61. The Morgan fingerprint density at radius 1 is 1.00 bits per heavy atom. The standard InChI is InChI=1S/C19H19N/c1-4-17-12-13-19(20-15(2)3)14-18(17)11-10-16-8-6-5-7-9-16/h4-14,20H,1-2H2,3H3/b11-10+. The van der Waals surface area contributed by atoms with Crippen molar-refractivity contribution in [3.8, 4) is 0 Å². The van der Waals surface area contributed by atoms with Crippen LogP contribution in [0.3, 0.4) is 0 Å². The Bertz CT molecular complexity index is 636. The monoisotopic (exact) mass is 261 g/mol. The van der Waals surface area contributed by atoms with E-state index >= 15 is 0 Å². The highest BCUT2D eigenvalue weighted by atomic mass is 14.9. The van der Waals surface area contributed by atoms with Crippen molar-refractivity contribution >= 4 is 23.9 Å². The van der Waals surface area contributed by atoms with Crippen LogP contribution < -0.4 is 5.32 Å². The lowest BCUT2D eigenvalue weighted by atomic mass is 10.0. The first-order chi connectivity index (χ1) is 9.69. The van der Waals surface area contributed by atoms with Gasteiger partial charge in [-0.2, -0.15) is 0 Å². The second kappa shape index (κ2) is 6.58. The molecule has 100 valence electrons. The molecule has 2 aromatic rings. The number of nitrogens with one attached hydrogen (secondary N) is 1. The third-order valence-corrected chi connectivity index (χ3v) is 2.92. The summed E-state index contributed by atoms with van der Waals surface area (Å²) in [6.07, 6.45) is 6.08. The predicted octanol–water partition coefficient (Wildman–Crippen LogP) is 5.45. The molecule has 0 radical (unpaired) electrons. The lowest BCUT2D eigenvalue weighted by Gasteiger charge is -2.08. The topological polar surface area (TPSA) is 12.0 Å². The number of allylic oxidation sites excluding steroid dienone is 1. The minimum absolute atomic E-state index is 0.925. The Labute approximate surface area is 121 Å². The fourth-order valence-corrected chi connectivity index (χ4v) is 1.98. The Morgan fingerprint density at radius 3 is 2.40 bits per heavy atom. The van der Waals surface area contributed by atoms with Gasteiger partial charge in [-0.05, 0) is 35.7 Å². The molecule has 0 unspecified atom stereocenters. The molecule has 2 rings (SSSR count). The van der Waals surface area contributed by atoms with Gasteiger partial charge >= 0.3 is 0 Å². The fraction of sp³-hybridized carbons (Fsp3) is 0.0526. The lowest BCUT2D eigenvalue weighted by molar-refractivity contribution is 1.39. The van der Waals surface area contributed by atoms with Gasteiger partial charge in [-0.1, -0.05) is 67.8 Å². The first-order valence-electron chi connectivity index (χ1n) is 6.61. The summed E-state index contributed by atoms with van der Waals surface area (Å²) in [5.74, 6) is 0. The van der Waals surface area contributed by atoms with Gasteiger partial charge in [0.2, 0.25) is 0 Å². The molecule has 0 heterocycles. The quantitative estimate of drug-likeness (QED) is 0.706. The lowest BCUT2D eigenvalue weighted by Crippen LogP contribution is -1.94. The van der Waals surface area contributed by atoms with Gasteiger partial charge in [0, 0.05) is 11.4 Å². The van der Waals surface area contributed by atoms with Gasteiger partial charge in [0.1, 0.15) is 0 Å². The van der Waals surface area contributed by atoms with Crippen molar-refractivity contribution in [3.63, 3.8) is 0 Å². The van der Waals surface area contributed by atoms with Crippen molar-refractivity contribution in [3.05, 3.63) is 84.1 Å². The minimum atomic E-state index is 0.925. The van der Waals surface area contributed by atoms with Crippen LogP contribution in [0.15, 0.2) is 67.4 Å². The summed E-state index contributed by atoms with van der Waals surface area (Å²) in [4.78, 5) is 0. The third kappa shape index (κ3) is 3.72. The minimum Gasteiger partial charge on any atom is -0.360 e. The van der Waals surface area contributed by atoms with E-state index in [0.717, 1.165) is 22.5 Å². The molecule has 0 spiro atoms. The zero-order valence-corrected chi connectivity index (χ0v) is 11.8. The highest BCUT2D eigenvalue weighted by Crippen LogP contribution is 2.20. The average Bonchev–Trinajstić information content (AvgIpc) is 2.46. The molecule has 0 atom stereocenters. The SMILES string of the molecule is C=Cc1ccc(NC(=C)C)cc1/C=C/c1ccccc1. The van der Waals surface area contributed by atoms with E-state index < -0.39 is 0 Å². The second-order valence-corrected chi connectivity index (χ2v) is 4.70. The van der Waals surface area contributed by atoms with Crippen LogP contribution in [-0.4, -0.2) is 0 Å². The summed E-state index contributed by atoms with van der Waals surface area (Å²) in [7, 11) is 0. The first kappa shape index (κ1) is 13.9. The predicted molar refractivity (Wildman–Crippen MR) is 90.3 cm³/mol. The fourth-order valence-electron chi connectivity index (χ4n) is 1.98. The zero-order chi connectivity index (χ0) is 14.4. The van der Waals surface area contributed by atoms with E-state index in [4.69, 9.17) is 0 Å². The summed E-state index contributed by atoms with van der Waals surface area (Å²) < 4.78 is 0. The van der Waals surface area contributed by atoms with E-state index in [1.165, 1.54) is 5.56 Å². The van der Waals surface area contributed by atoms with E-state index in [0.29, 0.717) is 0 Å². The van der Waals surface area contributed by atoms with Crippen molar-refractivity contribution in [1.29, 1.82) is 0 Å². The molecule has 0 aliphatic heterocycles. The molecule has 0 aliphatic rings. The number of benzene rings is 2. The van der Waals surface area contributed by atoms with Crippen molar-refractivity contribution in [2.45, 2.75) is 6.92 Å². The molecular formula is C19H19N. The maximum Gasteiger partial charge on any atom is 0.0387 e. The van der Waals surface area contributed by atoms with Gasteiger partial charge in [0.25, 0.3) is 0 Å². The van der Waals surface area contributed by atoms with Crippen LogP contribution >= 0.6 is 0 Å². The van der Waals surface area contributed by atoms with Crippen molar-refractivity contribution in [1.82, 2.24) is 0 Å². The van der Waals surface area contributed by atoms with Crippen LogP contribution in [0.25, 0.3) is 18.2 Å². The third-order valence-electron chi connectivity index (χ3n) is 2.92. The normalized spacial score (nSPS) is 10.4. The van der Waals surface area contributed by atoms with E-state index in [9.17, 15) is 0 Å². The molecule has 20 heavy (non-hydrogen) atoms. The molecule has 0 saturated heterocycles. The van der Waals surface area contributed by atoms with E-state index in [1.807, 2.05) is 37.3 Å². The highest BCUT2D eigenvalue weighted by Gasteiger charge is 1.99. The smallest absolute Gasteiger partial charge is 0.0387 e. The van der Waals surface area contributed by atoms with Crippen LogP contribution in [0, 0.1) is 0 Å². The maximum absolute atomic E-state index is 3.87. The van der Waals surface area contributed by atoms with Crippen LogP contribution in [-0.2, 0) is 0 Å². The van der Waals surface area contributed by atoms with E-state index in [2.05, 4.69) is 54.9 Å². The Balaban J connectivity index is 2.31. The van der Waals surface area contributed by atoms with Crippen molar-refractivity contribution in [2.24, 2.45) is 0 Å². The van der Waals surface area contributed by atoms with Gasteiger partial charge in [-0.15, -0.1) is 0 Å². The second-order valence-electron chi connectivity index (χ2n) is 4.70. The van der Waals surface area contributed by atoms with Gasteiger partial charge in [0.15, 0.2) is 0 Å². The molecule has 0 saturated carbocycles. The summed E-state index contributed by atoms with van der Waals surface area (Å²) in [5, 5.41) is 3.23. The number of rotatable bonds is 5. The largest absolute Gasteiger partial charge is 0.360 e. The molecule has 1 N–H and O–H groups in total. The van der Waals surface area contributed by atoms with Crippen molar-refractivity contribution in [2.75, 3.05) is 5.32 Å². The summed E-state index contributed by atoms with van der Waals surface area (Å²) in [6.45, 7) is 9.68. The van der Waals surface area contributed by atoms with Crippen LogP contribution in [0.5, 0.6) is 0 Å².